The maximum absolute atomic E-state index is 12.8. The lowest BCUT2D eigenvalue weighted by molar-refractivity contribution is -0.385. The third-order valence-electron chi connectivity index (χ3n) is 7.76. The molecule has 2 aromatic rings. The highest BCUT2D eigenvalue weighted by atomic mass is 79.9. The van der Waals surface area contributed by atoms with Crippen LogP contribution < -0.4 is 10.7 Å². The molecule has 4 fully saturated rings. The van der Waals surface area contributed by atoms with Gasteiger partial charge in [0.2, 0.25) is 0 Å². The third kappa shape index (κ3) is 4.17. The second kappa shape index (κ2) is 8.37. The summed E-state index contributed by atoms with van der Waals surface area (Å²) in [6, 6.07) is 10.9. The SMILES string of the molecule is Cc1ccc(C23C[C@H]4C[C@@H](CC(NC(=O)N/N=C\c5cc([N+](=O)[O-])cc(Br)c5O)(C4)C2)C3)cc1. The van der Waals surface area contributed by atoms with Crippen molar-refractivity contribution in [2.75, 3.05) is 0 Å². The van der Waals surface area contributed by atoms with Crippen LogP contribution in [0.25, 0.3) is 0 Å². The van der Waals surface area contributed by atoms with E-state index < -0.39 is 11.0 Å². The summed E-state index contributed by atoms with van der Waals surface area (Å²) in [5.74, 6) is 1.02. The number of phenols is 1. The smallest absolute Gasteiger partial charge is 0.335 e. The molecule has 0 unspecified atom stereocenters. The zero-order valence-corrected chi connectivity index (χ0v) is 20.5. The molecule has 0 spiro atoms. The maximum Gasteiger partial charge on any atom is 0.335 e. The van der Waals surface area contributed by atoms with Crippen LogP contribution in [0.4, 0.5) is 10.5 Å². The molecule has 3 N–H and O–H groups in total. The van der Waals surface area contributed by atoms with Gasteiger partial charge in [-0.25, -0.2) is 10.2 Å². The van der Waals surface area contributed by atoms with Crippen molar-refractivity contribution in [1.29, 1.82) is 0 Å². The molecule has 0 aliphatic heterocycles. The van der Waals surface area contributed by atoms with E-state index in [-0.39, 0.29) is 32.4 Å². The van der Waals surface area contributed by atoms with E-state index in [0.717, 1.165) is 19.3 Å². The topological polar surface area (TPSA) is 117 Å². The number of aryl methyl sites for hydroxylation is 1. The largest absolute Gasteiger partial charge is 0.506 e. The number of nitrogens with zero attached hydrogens (tertiary/aromatic N) is 2. The van der Waals surface area contributed by atoms with Crippen LogP contribution in [0.1, 0.15) is 55.2 Å². The Balaban J connectivity index is 1.31. The normalized spacial score (nSPS) is 29.4. The van der Waals surface area contributed by atoms with Gasteiger partial charge < -0.3 is 10.4 Å². The van der Waals surface area contributed by atoms with E-state index in [2.05, 4.69) is 63.0 Å². The summed E-state index contributed by atoms with van der Waals surface area (Å²) in [5, 5.41) is 28.4. The Kier molecular flexibility index (Phi) is 5.62. The molecule has 4 bridgehead atoms. The van der Waals surface area contributed by atoms with Gasteiger partial charge in [-0.2, -0.15) is 5.10 Å². The number of rotatable bonds is 5. The van der Waals surface area contributed by atoms with Crippen molar-refractivity contribution in [2.45, 2.75) is 56.4 Å². The molecular formula is C25H27BrN4O4. The summed E-state index contributed by atoms with van der Waals surface area (Å²) in [4.78, 5) is 23.3. The quantitative estimate of drug-likeness (QED) is 0.278. The van der Waals surface area contributed by atoms with Crippen molar-refractivity contribution >= 4 is 33.9 Å². The Morgan fingerprint density at radius 2 is 1.88 bits per heavy atom. The van der Waals surface area contributed by atoms with Crippen LogP contribution in [0.5, 0.6) is 5.75 Å². The maximum atomic E-state index is 12.8. The van der Waals surface area contributed by atoms with Gasteiger partial charge in [-0.3, -0.25) is 10.1 Å². The fraction of sp³-hybridized carbons (Fsp3) is 0.440. The molecule has 0 saturated heterocycles. The molecule has 34 heavy (non-hydrogen) atoms. The van der Waals surface area contributed by atoms with Gasteiger partial charge in [0.1, 0.15) is 5.75 Å². The Morgan fingerprint density at radius 1 is 1.21 bits per heavy atom. The fourth-order valence-electron chi connectivity index (χ4n) is 6.89. The Bertz CT molecular complexity index is 1170. The highest BCUT2D eigenvalue weighted by molar-refractivity contribution is 9.10. The summed E-state index contributed by atoms with van der Waals surface area (Å²) < 4.78 is 0.183. The van der Waals surface area contributed by atoms with E-state index in [4.69, 9.17) is 0 Å². The number of nitro benzene ring substituents is 1. The van der Waals surface area contributed by atoms with Gasteiger partial charge in [0, 0.05) is 23.2 Å². The molecule has 178 valence electrons. The second-order valence-electron chi connectivity index (χ2n) is 10.3. The monoisotopic (exact) mass is 526 g/mol. The van der Waals surface area contributed by atoms with Crippen LogP contribution in [0.2, 0.25) is 0 Å². The molecule has 2 amide bonds. The summed E-state index contributed by atoms with van der Waals surface area (Å²) in [6.45, 7) is 2.10. The summed E-state index contributed by atoms with van der Waals surface area (Å²) >= 11 is 3.10. The molecule has 4 aliphatic carbocycles. The highest BCUT2D eigenvalue weighted by Gasteiger charge is 2.58. The molecule has 2 atom stereocenters. The van der Waals surface area contributed by atoms with E-state index in [9.17, 15) is 20.0 Å². The highest BCUT2D eigenvalue weighted by Crippen LogP contribution is 2.62. The first kappa shape index (κ1) is 22.8. The predicted octanol–water partition coefficient (Wildman–Crippen LogP) is 5.30. The molecule has 0 radical (unpaired) electrons. The van der Waals surface area contributed by atoms with Gasteiger partial charge in [0.15, 0.2) is 0 Å². The van der Waals surface area contributed by atoms with Crippen LogP contribution in [0, 0.1) is 28.9 Å². The van der Waals surface area contributed by atoms with Crippen LogP contribution in [0.15, 0.2) is 46.0 Å². The fourth-order valence-corrected chi connectivity index (χ4v) is 7.36. The van der Waals surface area contributed by atoms with E-state index >= 15 is 0 Å². The van der Waals surface area contributed by atoms with Gasteiger partial charge in [-0.1, -0.05) is 29.8 Å². The minimum atomic E-state index is -0.557. The Morgan fingerprint density at radius 3 is 2.53 bits per heavy atom. The van der Waals surface area contributed by atoms with Gasteiger partial charge in [0.05, 0.1) is 15.6 Å². The zero-order chi connectivity index (χ0) is 24.1. The molecule has 0 heterocycles. The molecule has 6 rings (SSSR count). The lowest BCUT2D eigenvalue weighted by Crippen LogP contribution is -2.65. The lowest BCUT2D eigenvalue weighted by Gasteiger charge is -2.62. The van der Waals surface area contributed by atoms with Crippen molar-refractivity contribution in [3.05, 3.63) is 67.7 Å². The number of benzene rings is 2. The van der Waals surface area contributed by atoms with Crippen molar-refractivity contribution in [2.24, 2.45) is 16.9 Å². The number of phenolic OH excluding ortho intramolecular Hbond substituents is 1. The number of halogens is 1. The van der Waals surface area contributed by atoms with E-state index in [1.807, 2.05) is 0 Å². The predicted molar refractivity (Wildman–Crippen MR) is 132 cm³/mol. The van der Waals surface area contributed by atoms with E-state index in [1.54, 1.807) is 0 Å². The number of hydrazone groups is 1. The molecule has 4 saturated carbocycles. The first-order valence-corrected chi connectivity index (χ1v) is 12.3. The van der Waals surface area contributed by atoms with Crippen molar-refractivity contribution < 1.29 is 14.8 Å². The minimum absolute atomic E-state index is 0.107. The number of carbonyl (C=O) groups excluding carboxylic acids is 1. The Labute approximate surface area is 206 Å². The van der Waals surface area contributed by atoms with Gasteiger partial charge in [-0.05, 0) is 84.2 Å². The minimum Gasteiger partial charge on any atom is -0.506 e. The van der Waals surface area contributed by atoms with Crippen molar-refractivity contribution in [3.8, 4) is 5.75 Å². The molecule has 0 aromatic heterocycles. The first-order chi connectivity index (χ1) is 16.2. The zero-order valence-electron chi connectivity index (χ0n) is 18.9. The van der Waals surface area contributed by atoms with Crippen LogP contribution >= 0.6 is 15.9 Å². The number of hydrogen-bond donors (Lipinski definition) is 3. The molecular weight excluding hydrogens is 500 g/mol. The van der Waals surface area contributed by atoms with Crippen molar-refractivity contribution in [1.82, 2.24) is 10.7 Å². The standard InChI is InChI=1S/C25H27BrN4O4/c1-15-2-4-19(5-3-15)24-9-16-6-17(10-24)12-25(11-16,14-24)28-23(32)29-27-13-18-7-20(30(33)34)8-21(26)22(18)31/h2-5,7-8,13,16-17,31H,6,9-12,14H2,1H3,(H2,28,29,32)/b27-13-/t16-,17-,24?,25?/m1/s1. The van der Waals surface area contributed by atoms with Crippen LogP contribution in [0.3, 0.4) is 0 Å². The number of aromatic hydroxyl groups is 1. The van der Waals surface area contributed by atoms with E-state index in [0.29, 0.717) is 11.8 Å². The van der Waals surface area contributed by atoms with Gasteiger partial charge in [-0.15, -0.1) is 0 Å². The molecule has 8 nitrogen and oxygen atoms in total. The molecule has 9 heteroatoms. The number of nitrogens with one attached hydrogen (secondary N) is 2. The number of non-ortho nitro benzene ring substituents is 1. The van der Waals surface area contributed by atoms with Crippen LogP contribution in [-0.4, -0.2) is 27.8 Å². The van der Waals surface area contributed by atoms with Gasteiger partial charge >= 0.3 is 6.03 Å². The number of carbonyl (C=O) groups is 1. The Hall–Kier alpha value is -2.94. The molecule has 4 aliphatic rings. The number of amides is 2. The molecule has 2 aromatic carbocycles. The summed E-state index contributed by atoms with van der Waals surface area (Å²) in [7, 11) is 0. The third-order valence-corrected chi connectivity index (χ3v) is 8.37. The second-order valence-corrected chi connectivity index (χ2v) is 11.2. The average Bonchev–Trinajstić information content (AvgIpc) is 2.75. The number of nitro groups is 1. The van der Waals surface area contributed by atoms with E-state index in [1.165, 1.54) is 48.7 Å². The summed E-state index contributed by atoms with van der Waals surface area (Å²) in [5.41, 5.74) is 4.91. The van der Waals surface area contributed by atoms with Crippen LogP contribution in [-0.2, 0) is 5.41 Å². The summed E-state index contributed by atoms with van der Waals surface area (Å²) in [6.07, 6.45) is 7.68. The lowest BCUT2D eigenvalue weighted by atomic mass is 9.45. The number of urea groups is 1. The van der Waals surface area contributed by atoms with Gasteiger partial charge in [0.25, 0.3) is 5.69 Å². The first-order valence-electron chi connectivity index (χ1n) is 11.5. The van der Waals surface area contributed by atoms with Crippen molar-refractivity contribution in [3.63, 3.8) is 0 Å². The average molecular weight is 527 g/mol. The number of hydrogen-bond acceptors (Lipinski definition) is 5.